The number of carboxylic acid groups (broad SMARTS) is 1. The first-order chi connectivity index (χ1) is 5.61. The van der Waals surface area contributed by atoms with Crippen molar-refractivity contribution in [1.82, 2.24) is 0 Å². The average Bonchev–Trinajstić information content (AvgIpc) is 2.36. The smallest absolute Gasteiger partial charge is 0.372 e. The third kappa shape index (κ3) is 2.06. The number of thiophene rings is 1. The van der Waals surface area contributed by atoms with Gasteiger partial charge in [0.1, 0.15) is 0 Å². The Labute approximate surface area is 77.6 Å². The summed E-state index contributed by atoms with van der Waals surface area (Å²) in [6, 6.07) is 1.65. The predicted octanol–water partition coefficient (Wildman–Crippen LogP) is 1.60. The lowest BCUT2D eigenvalue weighted by atomic mass is 10.2. The fourth-order valence-corrected chi connectivity index (χ4v) is 1.62. The van der Waals surface area contributed by atoms with Crippen LogP contribution in [0.15, 0.2) is 11.4 Å². The molecule has 0 bridgehead atoms. The van der Waals surface area contributed by atoms with Crippen molar-refractivity contribution < 1.29 is 14.7 Å². The Bertz CT molecular complexity index is 318. The van der Waals surface area contributed by atoms with E-state index in [-0.39, 0.29) is 6.42 Å². The molecule has 0 aliphatic rings. The molecule has 0 atom stereocenters. The van der Waals surface area contributed by atoms with E-state index in [0.29, 0.717) is 9.90 Å². The summed E-state index contributed by atoms with van der Waals surface area (Å²) in [5.41, 5.74) is 0.578. The SMILES string of the molecule is O=C(O)C(=O)Cc1ccsc1Cl. The maximum absolute atomic E-state index is 10.7. The van der Waals surface area contributed by atoms with Crippen LogP contribution in [0.2, 0.25) is 4.34 Å². The minimum atomic E-state index is -1.42. The Kier molecular flexibility index (Phi) is 2.83. The van der Waals surface area contributed by atoms with Crippen LogP contribution in [0.25, 0.3) is 0 Å². The molecule has 0 aromatic carbocycles. The molecule has 0 aliphatic heterocycles. The second-order valence-electron chi connectivity index (χ2n) is 2.12. The van der Waals surface area contributed by atoms with Crippen LogP contribution in [-0.4, -0.2) is 16.9 Å². The van der Waals surface area contributed by atoms with E-state index in [1.54, 1.807) is 11.4 Å². The molecule has 0 fully saturated rings. The monoisotopic (exact) mass is 204 g/mol. The van der Waals surface area contributed by atoms with Gasteiger partial charge in [0.2, 0.25) is 5.78 Å². The Morgan fingerprint density at radius 1 is 1.58 bits per heavy atom. The molecule has 1 N–H and O–H groups in total. The molecule has 0 amide bonds. The standard InChI is InChI=1S/C7H5ClO3S/c8-6-4(1-2-12-6)3-5(9)7(10)11/h1-2H,3H2,(H,10,11). The van der Waals surface area contributed by atoms with Gasteiger partial charge in [0.15, 0.2) is 0 Å². The van der Waals surface area contributed by atoms with E-state index in [2.05, 4.69) is 0 Å². The number of ketones is 1. The van der Waals surface area contributed by atoms with Crippen LogP contribution in [0.5, 0.6) is 0 Å². The zero-order valence-corrected chi connectivity index (χ0v) is 7.48. The van der Waals surface area contributed by atoms with E-state index in [0.717, 1.165) is 0 Å². The summed E-state index contributed by atoms with van der Waals surface area (Å²) in [5, 5.41) is 10.00. The Morgan fingerprint density at radius 2 is 2.25 bits per heavy atom. The lowest BCUT2D eigenvalue weighted by molar-refractivity contribution is -0.148. The van der Waals surface area contributed by atoms with Crippen LogP contribution in [-0.2, 0) is 16.0 Å². The molecule has 5 heteroatoms. The largest absolute Gasteiger partial charge is 0.475 e. The molecule has 1 aromatic heterocycles. The molecule has 3 nitrogen and oxygen atoms in total. The summed E-state index contributed by atoms with van der Waals surface area (Å²) < 4.78 is 0.476. The van der Waals surface area contributed by atoms with Gasteiger partial charge in [0, 0.05) is 6.42 Å². The molecule has 0 aliphatic carbocycles. The number of carbonyl (C=O) groups is 2. The molecule has 0 saturated carbocycles. The average molecular weight is 205 g/mol. The Morgan fingerprint density at radius 3 is 2.67 bits per heavy atom. The van der Waals surface area contributed by atoms with Crippen molar-refractivity contribution in [1.29, 1.82) is 0 Å². The summed E-state index contributed by atoms with van der Waals surface area (Å²) >= 11 is 6.94. The minimum absolute atomic E-state index is 0.127. The highest BCUT2D eigenvalue weighted by Crippen LogP contribution is 2.22. The zero-order chi connectivity index (χ0) is 9.14. The molecule has 0 radical (unpaired) electrons. The number of Topliss-reactive ketones (excluding diaryl/α,β-unsaturated/α-hetero) is 1. The maximum atomic E-state index is 10.7. The second-order valence-corrected chi connectivity index (χ2v) is 3.64. The summed E-state index contributed by atoms with van der Waals surface area (Å²) in [5.74, 6) is -2.26. The Balaban J connectivity index is 2.71. The maximum Gasteiger partial charge on any atom is 0.372 e. The predicted molar refractivity (Wildman–Crippen MR) is 45.7 cm³/mol. The van der Waals surface area contributed by atoms with Crippen molar-refractivity contribution in [3.63, 3.8) is 0 Å². The van der Waals surface area contributed by atoms with E-state index < -0.39 is 11.8 Å². The van der Waals surface area contributed by atoms with Crippen molar-refractivity contribution >= 4 is 34.7 Å². The highest BCUT2D eigenvalue weighted by Gasteiger charge is 2.14. The van der Waals surface area contributed by atoms with E-state index in [1.807, 2.05) is 0 Å². The van der Waals surface area contributed by atoms with Gasteiger partial charge in [-0.25, -0.2) is 4.79 Å². The first kappa shape index (κ1) is 9.22. The number of rotatable bonds is 3. The van der Waals surface area contributed by atoms with E-state index in [4.69, 9.17) is 16.7 Å². The van der Waals surface area contributed by atoms with Crippen LogP contribution in [0.1, 0.15) is 5.56 Å². The minimum Gasteiger partial charge on any atom is -0.475 e. The molecule has 64 valence electrons. The normalized spacial score (nSPS) is 9.75. The first-order valence-corrected chi connectivity index (χ1v) is 4.35. The molecule has 12 heavy (non-hydrogen) atoms. The quantitative estimate of drug-likeness (QED) is 0.761. The Hall–Kier alpha value is -0.870. The van der Waals surface area contributed by atoms with Crippen LogP contribution in [0.4, 0.5) is 0 Å². The summed E-state index contributed by atoms with van der Waals surface area (Å²) in [7, 11) is 0. The molecule has 0 saturated heterocycles. The fraction of sp³-hybridized carbons (Fsp3) is 0.143. The highest BCUT2D eigenvalue weighted by molar-refractivity contribution is 7.14. The van der Waals surface area contributed by atoms with Gasteiger partial charge in [-0.05, 0) is 17.0 Å². The molecule has 1 aromatic rings. The molecular formula is C7H5ClO3S. The summed E-state index contributed by atoms with van der Waals surface area (Å²) in [6.07, 6.45) is -0.127. The number of carbonyl (C=O) groups excluding carboxylic acids is 1. The third-order valence-corrected chi connectivity index (χ3v) is 2.53. The number of aliphatic carboxylic acids is 1. The van der Waals surface area contributed by atoms with Crippen molar-refractivity contribution in [2.24, 2.45) is 0 Å². The highest BCUT2D eigenvalue weighted by atomic mass is 35.5. The van der Waals surface area contributed by atoms with Gasteiger partial charge < -0.3 is 5.11 Å². The fourth-order valence-electron chi connectivity index (χ4n) is 0.694. The topological polar surface area (TPSA) is 54.4 Å². The lowest BCUT2D eigenvalue weighted by Crippen LogP contribution is -2.14. The summed E-state index contributed by atoms with van der Waals surface area (Å²) in [4.78, 5) is 20.9. The molecular weight excluding hydrogens is 200 g/mol. The van der Waals surface area contributed by atoms with Gasteiger partial charge in [0.25, 0.3) is 0 Å². The third-order valence-electron chi connectivity index (χ3n) is 1.28. The number of hydrogen-bond donors (Lipinski definition) is 1. The van der Waals surface area contributed by atoms with Gasteiger partial charge in [0.05, 0.1) is 4.34 Å². The molecule has 1 heterocycles. The van der Waals surface area contributed by atoms with Crippen LogP contribution < -0.4 is 0 Å². The van der Waals surface area contributed by atoms with Crippen LogP contribution >= 0.6 is 22.9 Å². The van der Waals surface area contributed by atoms with Crippen molar-refractivity contribution in [2.45, 2.75) is 6.42 Å². The van der Waals surface area contributed by atoms with Gasteiger partial charge in [-0.15, -0.1) is 11.3 Å². The molecule has 0 unspecified atom stereocenters. The first-order valence-electron chi connectivity index (χ1n) is 3.09. The van der Waals surface area contributed by atoms with E-state index in [1.165, 1.54) is 11.3 Å². The van der Waals surface area contributed by atoms with E-state index in [9.17, 15) is 9.59 Å². The van der Waals surface area contributed by atoms with E-state index >= 15 is 0 Å². The van der Waals surface area contributed by atoms with Crippen molar-refractivity contribution in [3.8, 4) is 0 Å². The van der Waals surface area contributed by atoms with Gasteiger partial charge in [-0.3, -0.25) is 4.79 Å². The van der Waals surface area contributed by atoms with Crippen LogP contribution in [0.3, 0.4) is 0 Å². The van der Waals surface area contributed by atoms with Gasteiger partial charge in [-0.1, -0.05) is 11.6 Å². The molecule has 0 spiro atoms. The lowest BCUT2D eigenvalue weighted by Gasteiger charge is -1.92. The molecule has 1 rings (SSSR count). The number of carboxylic acids is 1. The van der Waals surface area contributed by atoms with Gasteiger partial charge in [-0.2, -0.15) is 0 Å². The van der Waals surface area contributed by atoms with Crippen LogP contribution in [0, 0.1) is 0 Å². The van der Waals surface area contributed by atoms with Crippen molar-refractivity contribution in [2.75, 3.05) is 0 Å². The second kappa shape index (κ2) is 3.69. The van der Waals surface area contributed by atoms with Gasteiger partial charge >= 0.3 is 5.97 Å². The van der Waals surface area contributed by atoms with Crippen molar-refractivity contribution in [3.05, 3.63) is 21.3 Å². The zero-order valence-electron chi connectivity index (χ0n) is 5.91. The summed E-state index contributed by atoms with van der Waals surface area (Å²) in [6.45, 7) is 0. The number of hydrogen-bond acceptors (Lipinski definition) is 3. The number of halogens is 1.